The van der Waals surface area contributed by atoms with Crippen molar-refractivity contribution in [3.05, 3.63) is 22.4 Å². The Morgan fingerprint density at radius 2 is 2.23 bits per heavy atom. The van der Waals surface area contributed by atoms with Crippen LogP contribution in [0.5, 0.6) is 0 Å². The smallest absolute Gasteiger partial charge is 0.0824 e. The average Bonchev–Trinajstić information content (AvgIpc) is 2.58. The van der Waals surface area contributed by atoms with Crippen LogP contribution in [0.15, 0.2) is 17.5 Å². The second-order valence-corrected chi connectivity index (χ2v) is 4.52. The minimum Gasteiger partial charge on any atom is -0.377 e. The van der Waals surface area contributed by atoms with E-state index >= 15 is 0 Å². The molecule has 0 aromatic carbocycles. The molecule has 1 atom stereocenters. The first kappa shape index (κ1) is 10.7. The second-order valence-electron chi connectivity index (χ2n) is 3.54. The topological polar surface area (TPSA) is 21.3 Å². The van der Waals surface area contributed by atoms with Crippen LogP contribution in [0.2, 0.25) is 0 Å². The van der Waals surface area contributed by atoms with Gasteiger partial charge in [-0.25, -0.2) is 0 Å². The van der Waals surface area contributed by atoms with Gasteiger partial charge in [-0.2, -0.15) is 0 Å². The highest BCUT2D eigenvalue weighted by molar-refractivity contribution is 7.10. The molecular weight excluding hydrogens is 182 g/mol. The van der Waals surface area contributed by atoms with Gasteiger partial charge in [0.05, 0.1) is 11.6 Å². The summed E-state index contributed by atoms with van der Waals surface area (Å²) in [5.74, 6) is 0. The normalized spacial score (nSPS) is 14.5. The van der Waals surface area contributed by atoms with Crippen LogP contribution < -0.4 is 5.32 Å². The maximum absolute atomic E-state index is 5.46. The maximum atomic E-state index is 5.46. The number of methoxy groups -OCH3 is 1. The van der Waals surface area contributed by atoms with Crippen molar-refractivity contribution in [1.82, 2.24) is 5.32 Å². The van der Waals surface area contributed by atoms with Gasteiger partial charge in [-0.3, -0.25) is 0 Å². The van der Waals surface area contributed by atoms with Crippen molar-refractivity contribution in [2.45, 2.75) is 25.5 Å². The molecule has 0 amide bonds. The summed E-state index contributed by atoms with van der Waals surface area (Å²) in [6.45, 7) is 4.18. The van der Waals surface area contributed by atoms with Gasteiger partial charge in [-0.1, -0.05) is 6.07 Å². The molecule has 0 radical (unpaired) electrons. The summed E-state index contributed by atoms with van der Waals surface area (Å²) in [5, 5.41) is 5.37. The third-order valence-electron chi connectivity index (χ3n) is 2.34. The van der Waals surface area contributed by atoms with E-state index in [1.54, 1.807) is 18.4 Å². The van der Waals surface area contributed by atoms with Gasteiger partial charge in [-0.05, 0) is 32.3 Å². The fourth-order valence-electron chi connectivity index (χ4n) is 1.41. The van der Waals surface area contributed by atoms with E-state index in [0.29, 0.717) is 0 Å². The van der Waals surface area contributed by atoms with E-state index in [-0.39, 0.29) is 11.6 Å². The molecule has 3 heteroatoms. The Bertz CT molecular complexity index is 243. The van der Waals surface area contributed by atoms with Gasteiger partial charge in [0.2, 0.25) is 0 Å². The number of likely N-dealkylation sites (N-methyl/N-ethyl adjacent to an activating group) is 1. The lowest BCUT2D eigenvalue weighted by atomic mass is 9.97. The first-order valence-corrected chi connectivity index (χ1v) is 5.25. The predicted octanol–water partition coefficient (Wildman–Crippen LogP) is 2.43. The third kappa shape index (κ3) is 2.30. The summed E-state index contributed by atoms with van der Waals surface area (Å²) >= 11 is 1.76. The standard InChI is InChI=1S/C10H17NOS/c1-10(2,12-4)9(11-3)8-6-5-7-13-8/h5-7,9,11H,1-4H3. The lowest BCUT2D eigenvalue weighted by molar-refractivity contribution is -0.00800. The maximum Gasteiger partial charge on any atom is 0.0824 e. The van der Waals surface area contributed by atoms with Crippen molar-refractivity contribution in [3.63, 3.8) is 0 Å². The minimum atomic E-state index is -0.167. The van der Waals surface area contributed by atoms with Gasteiger partial charge in [-0.15, -0.1) is 11.3 Å². The Labute approximate surface area is 83.9 Å². The van der Waals surface area contributed by atoms with Crippen molar-refractivity contribution >= 4 is 11.3 Å². The SMILES string of the molecule is CNC(c1cccs1)C(C)(C)OC. The van der Waals surface area contributed by atoms with Crippen LogP contribution in [0.25, 0.3) is 0 Å². The lowest BCUT2D eigenvalue weighted by Crippen LogP contribution is -2.38. The molecule has 74 valence electrons. The number of thiophene rings is 1. The van der Waals surface area contributed by atoms with E-state index in [4.69, 9.17) is 4.74 Å². The zero-order chi connectivity index (χ0) is 9.90. The highest BCUT2D eigenvalue weighted by atomic mass is 32.1. The van der Waals surface area contributed by atoms with Crippen molar-refractivity contribution in [2.24, 2.45) is 0 Å². The number of nitrogens with one attached hydrogen (secondary N) is 1. The molecule has 1 N–H and O–H groups in total. The molecule has 0 saturated heterocycles. The molecule has 0 aliphatic rings. The Kier molecular flexibility index (Phi) is 3.47. The zero-order valence-corrected chi connectivity index (χ0v) is 9.44. The van der Waals surface area contributed by atoms with Crippen LogP contribution in [-0.4, -0.2) is 19.8 Å². The molecule has 0 spiro atoms. The fraction of sp³-hybridized carbons (Fsp3) is 0.600. The van der Waals surface area contributed by atoms with Crippen LogP contribution in [-0.2, 0) is 4.74 Å². The minimum absolute atomic E-state index is 0.167. The zero-order valence-electron chi connectivity index (χ0n) is 8.63. The molecule has 1 unspecified atom stereocenters. The van der Waals surface area contributed by atoms with Crippen LogP contribution >= 0.6 is 11.3 Å². The highest BCUT2D eigenvalue weighted by Crippen LogP contribution is 2.30. The summed E-state index contributed by atoms with van der Waals surface area (Å²) in [6.07, 6.45) is 0. The third-order valence-corrected chi connectivity index (χ3v) is 3.27. The number of rotatable bonds is 4. The van der Waals surface area contributed by atoms with Gasteiger partial charge < -0.3 is 10.1 Å². The van der Waals surface area contributed by atoms with E-state index in [2.05, 4.69) is 36.7 Å². The van der Waals surface area contributed by atoms with E-state index in [1.165, 1.54) is 4.88 Å². The first-order valence-electron chi connectivity index (χ1n) is 4.37. The van der Waals surface area contributed by atoms with Gasteiger partial charge in [0.1, 0.15) is 0 Å². The van der Waals surface area contributed by atoms with Crippen LogP contribution in [0.3, 0.4) is 0 Å². The lowest BCUT2D eigenvalue weighted by Gasteiger charge is -2.32. The molecule has 0 bridgehead atoms. The molecule has 0 aliphatic carbocycles. The Morgan fingerprint density at radius 1 is 1.54 bits per heavy atom. The first-order chi connectivity index (χ1) is 6.11. The molecule has 13 heavy (non-hydrogen) atoms. The highest BCUT2D eigenvalue weighted by Gasteiger charge is 2.29. The molecule has 0 aliphatic heterocycles. The van der Waals surface area contributed by atoms with Crippen molar-refractivity contribution in [3.8, 4) is 0 Å². The Hall–Kier alpha value is -0.380. The van der Waals surface area contributed by atoms with E-state index < -0.39 is 0 Å². The van der Waals surface area contributed by atoms with Crippen molar-refractivity contribution in [1.29, 1.82) is 0 Å². The van der Waals surface area contributed by atoms with E-state index in [0.717, 1.165) is 0 Å². The summed E-state index contributed by atoms with van der Waals surface area (Å²) in [5.41, 5.74) is -0.167. The number of hydrogen-bond acceptors (Lipinski definition) is 3. The van der Waals surface area contributed by atoms with Crippen LogP contribution in [0.4, 0.5) is 0 Å². The molecule has 1 heterocycles. The molecule has 1 aromatic rings. The van der Waals surface area contributed by atoms with Gasteiger partial charge in [0.25, 0.3) is 0 Å². The van der Waals surface area contributed by atoms with Crippen LogP contribution in [0, 0.1) is 0 Å². The molecular formula is C10H17NOS. The Balaban J connectivity index is 2.86. The molecule has 0 saturated carbocycles. The second kappa shape index (κ2) is 4.22. The molecule has 2 nitrogen and oxygen atoms in total. The number of ether oxygens (including phenoxy) is 1. The average molecular weight is 199 g/mol. The largest absolute Gasteiger partial charge is 0.377 e. The molecule has 0 fully saturated rings. The molecule has 1 aromatic heterocycles. The van der Waals surface area contributed by atoms with Gasteiger partial charge in [0, 0.05) is 12.0 Å². The van der Waals surface area contributed by atoms with Gasteiger partial charge in [0.15, 0.2) is 0 Å². The van der Waals surface area contributed by atoms with Crippen LogP contribution in [0.1, 0.15) is 24.8 Å². The van der Waals surface area contributed by atoms with E-state index in [1.807, 2.05) is 7.05 Å². The van der Waals surface area contributed by atoms with E-state index in [9.17, 15) is 0 Å². The van der Waals surface area contributed by atoms with Crippen molar-refractivity contribution in [2.75, 3.05) is 14.2 Å². The fourth-order valence-corrected chi connectivity index (χ4v) is 2.41. The monoisotopic (exact) mass is 199 g/mol. The number of hydrogen-bond donors (Lipinski definition) is 1. The quantitative estimate of drug-likeness (QED) is 0.804. The summed E-state index contributed by atoms with van der Waals surface area (Å²) in [4.78, 5) is 1.31. The molecule has 1 rings (SSSR count). The van der Waals surface area contributed by atoms with Gasteiger partial charge >= 0.3 is 0 Å². The summed E-state index contributed by atoms with van der Waals surface area (Å²) < 4.78 is 5.46. The summed E-state index contributed by atoms with van der Waals surface area (Å²) in [7, 11) is 3.71. The predicted molar refractivity (Wildman–Crippen MR) is 57.2 cm³/mol. The summed E-state index contributed by atoms with van der Waals surface area (Å²) in [6, 6.07) is 4.46. The van der Waals surface area contributed by atoms with Crippen molar-refractivity contribution < 1.29 is 4.74 Å². The Morgan fingerprint density at radius 3 is 2.62 bits per heavy atom.